The Kier molecular flexibility index (Phi) is 4.03. The molecule has 0 N–H and O–H groups in total. The zero-order valence-corrected chi connectivity index (χ0v) is 12.2. The van der Waals surface area contributed by atoms with Gasteiger partial charge in [-0.05, 0) is 28.1 Å². The first-order valence-corrected chi connectivity index (χ1v) is 7.16. The SMILES string of the molecule is CC(=O)N1CCN(C(F)(F)c2ccc(Br)s2)CC1. The number of nitrogens with zero attached hydrogens (tertiary/aromatic N) is 2. The van der Waals surface area contributed by atoms with Crippen LogP contribution < -0.4 is 0 Å². The average molecular weight is 339 g/mol. The van der Waals surface area contributed by atoms with Crippen molar-refractivity contribution in [2.75, 3.05) is 26.2 Å². The molecular formula is C11H13BrF2N2OS. The molecule has 3 nitrogen and oxygen atoms in total. The molecule has 2 heterocycles. The van der Waals surface area contributed by atoms with Crippen LogP contribution in [0.25, 0.3) is 0 Å². The molecule has 1 saturated heterocycles. The summed E-state index contributed by atoms with van der Waals surface area (Å²) >= 11 is 4.23. The smallest absolute Gasteiger partial charge is 0.340 e. The van der Waals surface area contributed by atoms with Crippen LogP contribution in [0.15, 0.2) is 15.9 Å². The van der Waals surface area contributed by atoms with Crippen molar-refractivity contribution in [3.8, 4) is 0 Å². The number of halogens is 3. The molecule has 0 saturated carbocycles. The average Bonchev–Trinajstić information content (AvgIpc) is 2.76. The summed E-state index contributed by atoms with van der Waals surface area (Å²) in [6.07, 6.45) is 0. The van der Waals surface area contributed by atoms with Crippen LogP contribution in [-0.2, 0) is 10.8 Å². The number of thiophene rings is 1. The summed E-state index contributed by atoms with van der Waals surface area (Å²) in [5.74, 6) is -0.0585. The zero-order valence-electron chi connectivity index (χ0n) is 9.83. The van der Waals surface area contributed by atoms with E-state index in [9.17, 15) is 13.6 Å². The number of carbonyl (C=O) groups excluding carboxylic acids is 1. The monoisotopic (exact) mass is 338 g/mol. The Morgan fingerprint density at radius 2 is 1.94 bits per heavy atom. The summed E-state index contributed by atoms with van der Waals surface area (Å²) in [7, 11) is 0. The lowest BCUT2D eigenvalue weighted by molar-refractivity contribution is -0.168. The third-order valence-corrected chi connectivity index (χ3v) is 4.67. The van der Waals surface area contributed by atoms with E-state index in [1.54, 1.807) is 11.0 Å². The number of hydrogen-bond acceptors (Lipinski definition) is 3. The van der Waals surface area contributed by atoms with Crippen LogP contribution in [0.4, 0.5) is 8.78 Å². The molecule has 1 fully saturated rings. The van der Waals surface area contributed by atoms with Gasteiger partial charge in [0.15, 0.2) is 0 Å². The van der Waals surface area contributed by atoms with Crippen LogP contribution in [0.1, 0.15) is 11.8 Å². The topological polar surface area (TPSA) is 23.6 Å². The Hall–Kier alpha value is -0.530. The van der Waals surface area contributed by atoms with Gasteiger partial charge in [-0.3, -0.25) is 4.79 Å². The third kappa shape index (κ3) is 2.73. The highest BCUT2D eigenvalue weighted by Gasteiger charge is 2.42. The first-order valence-electron chi connectivity index (χ1n) is 5.55. The minimum absolute atomic E-state index is 0.0330. The number of hydrogen-bond donors (Lipinski definition) is 0. The lowest BCUT2D eigenvalue weighted by Gasteiger charge is -2.38. The van der Waals surface area contributed by atoms with Crippen molar-refractivity contribution >= 4 is 33.2 Å². The van der Waals surface area contributed by atoms with E-state index in [1.807, 2.05) is 0 Å². The van der Waals surface area contributed by atoms with Crippen molar-refractivity contribution in [3.63, 3.8) is 0 Å². The number of piperazine rings is 1. The molecule has 0 aromatic carbocycles. The second-order valence-electron chi connectivity index (χ2n) is 4.14. The van der Waals surface area contributed by atoms with Crippen molar-refractivity contribution in [2.45, 2.75) is 13.0 Å². The lowest BCUT2D eigenvalue weighted by Crippen LogP contribution is -2.53. The van der Waals surface area contributed by atoms with Crippen molar-refractivity contribution in [1.29, 1.82) is 0 Å². The maximum Gasteiger partial charge on any atom is 0.341 e. The number of rotatable bonds is 2. The molecule has 0 bridgehead atoms. The second kappa shape index (κ2) is 5.22. The van der Waals surface area contributed by atoms with Gasteiger partial charge in [-0.1, -0.05) is 0 Å². The molecule has 1 aliphatic heterocycles. The van der Waals surface area contributed by atoms with Gasteiger partial charge in [0.25, 0.3) is 0 Å². The van der Waals surface area contributed by atoms with E-state index in [1.165, 1.54) is 13.0 Å². The normalized spacial score (nSPS) is 18.1. The molecule has 0 atom stereocenters. The Bertz CT molecular complexity index is 444. The van der Waals surface area contributed by atoms with Gasteiger partial charge in [0.05, 0.1) is 8.66 Å². The summed E-state index contributed by atoms with van der Waals surface area (Å²) in [4.78, 5) is 13.9. The van der Waals surface area contributed by atoms with Gasteiger partial charge in [-0.2, -0.15) is 8.78 Å². The van der Waals surface area contributed by atoms with E-state index >= 15 is 0 Å². The Balaban J connectivity index is 2.06. The van der Waals surface area contributed by atoms with E-state index in [0.717, 1.165) is 16.2 Å². The summed E-state index contributed by atoms with van der Waals surface area (Å²) in [5.41, 5.74) is 0. The summed E-state index contributed by atoms with van der Waals surface area (Å²) < 4.78 is 29.1. The van der Waals surface area contributed by atoms with Crippen LogP contribution in [0, 0.1) is 0 Å². The first kappa shape index (κ1) is 13.9. The Labute approximate surface area is 117 Å². The van der Waals surface area contributed by atoms with Crippen LogP contribution >= 0.6 is 27.3 Å². The van der Waals surface area contributed by atoms with Crippen molar-refractivity contribution < 1.29 is 13.6 Å². The quantitative estimate of drug-likeness (QED) is 0.774. The van der Waals surface area contributed by atoms with E-state index in [2.05, 4.69) is 15.9 Å². The van der Waals surface area contributed by atoms with Gasteiger partial charge in [-0.15, -0.1) is 11.3 Å². The van der Waals surface area contributed by atoms with Gasteiger partial charge >= 0.3 is 6.05 Å². The maximum absolute atomic E-state index is 14.2. The van der Waals surface area contributed by atoms with E-state index in [4.69, 9.17) is 0 Å². The predicted molar refractivity (Wildman–Crippen MR) is 69.7 cm³/mol. The summed E-state index contributed by atoms with van der Waals surface area (Å²) in [6.45, 7) is 2.57. The number of alkyl halides is 2. The first-order chi connectivity index (χ1) is 8.41. The number of carbonyl (C=O) groups is 1. The standard InChI is InChI=1S/C11H13BrF2N2OS/c1-8(17)15-4-6-16(7-5-15)11(13,14)9-2-3-10(12)18-9/h2-3H,4-7H2,1H3. The molecule has 0 aliphatic carbocycles. The van der Waals surface area contributed by atoms with E-state index in [-0.39, 0.29) is 23.9 Å². The van der Waals surface area contributed by atoms with Crippen LogP contribution in [0.5, 0.6) is 0 Å². The Morgan fingerprint density at radius 1 is 1.33 bits per heavy atom. The highest BCUT2D eigenvalue weighted by molar-refractivity contribution is 9.11. The molecule has 1 aromatic heterocycles. The molecule has 0 unspecified atom stereocenters. The van der Waals surface area contributed by atoms with Gasteiger partial charge < -0.3 is 4.90 Å². The maximum atomic E-state index is 14.2. The van der Waals surface area contributed by atoms with E-state index < -0.39 is 6.05 Å². The van der Waals surface area contributed by atoms with Crippen molar-refractivity contribution in [3.05, 3.63) is 20.8 Å². The fourth-order valence-electron chi connectivity index (χ4n) is 1.93. The summed E-state index contributed by atoms with van der Waals surface area (Å²) in [5, 5.41) is 0. The van der Waals surface area contributed by atoms with E-state index in [0.29, 0.717) is 16.9 Å². The molecule has 7 heteroatoms. The van der Waals surface area contributed by atoms with Crippen LogP contribution in [-0.4, -0.2) is 41.9 Å². The molecule has 18 heavy (non-hydrogen) atoms. The number of amides is 1. The second-order valence-corrected chi connectivity index (χ2v) is 6.60. The third-order valence-electron chi connectivity index (χ3n) is 2.99. The highest BCUT2D eigenvalue weighted by atomic mass is 79.9. The lowest BCUT2D eigenvalue weighted by atomic mass is 10.2. The van der Waals surface area contributed by atoms with Gasteiger partial charge in [0, 0.05) is 33.1 Å². The molecule has 100 valence electrons. The minimum atomic E-state index is -2.96. The zero-order chi connectivity index (χ0) is 13.3. The largest absolute Gasteiger partial charge is 0.341 e. The van der Waals surface area contributed by atoms with Gasteiger partial charge in [0.2, 0.25) is 5.91 Å². The molecule has 0 radical (unpaired) electrons. The van der Waals surface area contributed by atoms with Crippen molar-refractivity contribution in [1.82, 2.24) is 9.80 Å². The fraction of sp³-hybridized carbons (Fsp3) is 0.545. The summed E-state index contributed by atoms with van der Waals surface area (Å²) in [6, 6.07) is 0.103. The molecule has 0 spiro atoms. The van der Waals surface area contributed by atoms with Gasteiger partial charge in [0.1, 0.15) is 0 Å². The predicted octanol–water partition coefficient (Wildman–Crippen LogP) is 2.72. The Morgan fingerprint density at radius 3 is 2.39 bits per heavy atom. The minimum Gasteiger partial charge on any atom is -0.340 e. The van der Waals surface area contributed by atoms with Gasteiger partial charge in [-0.25, -0.2) is 4.90 Å². The fourth-order valence-corrected chi connectivity index (χ4v) is 3.32. The van der Waals surface area contributed by atoms with Crippen LogP contribution in [0.2, 0.25) is 0 Å². The molecule has 1 amide bonds. The molecule has 2 rings (SSSR count). The molecule has 1 aromatic rings. The molecule has 1 aliphatic rings. The van der Waals surface area contributed by atoms with Crippen LogP contribution in [0.3, 0.4) is 0 Å². The highest BCUT2D eigenvalue weighted by Crippen LogP contribution is 2.38. The molecular weight excluding hydrogens is 326 g/mol. The van der Waals surface area contributed by atoms with Crippen molar-refractivity contribution in [2.24, 2.45) is 0 Å².